The first kappa shape index (κ1) is 15.7. The summed E-state index contributed by atoms with van der Waals surface area (Å²) < 4.78 is 14.8. The average molecular weight is 344 g/mol. The molecule has 4 heteroatoms. The molecule has 2 aromatic carbocycles. The van der Waals surface area contributed by atoms with Crippen LogP contribution in [0.5, 0.6) is 0 Å². The van der Waals surface area contributed by atoms with Crippen LogP contribution in [0.3, 0.4) is 0 Å². The molecule has 23 heavy (non-hydrogen) atoms. The van der Waals surface area contributed by atoms with Crippen LogP contribution in [0.15, 0.2) is 66.9 Å². The molecular formula is C19H12Cl2FN. The number of rotatable bonds is 3. The number of benzene rings is 2. The van der Waals surface area contributed by atoms with Crippen LogP contribution in [-0.2, 0) is 0 Å². The summed E-state index contributed by atoms with van der Waals surface area (Å²) >= 11 is 11.9. The summed E-state index contributed by atoms with van der Waals surface area (Å²) in [4.78, 5) is 3.96. The van der Waals surface area contributed by atoms with Gasteiger partial charge in [-0.15, -0.1) is 0 Å². The Morgan fingerprint density at radius 2 is 1.65 bits per heavy atom. The highest BCUT2D eigenvalue weighted by Gasteiger charge is 2.10. The molecule has 1 nitrogen and oxygen atoms in total. The van der Waals surface area contributed by atoms with Crippen molar-refractivity contribution in [2.75, 3.05) is 0 Å². The van der Waals surface area contributed by atoms with Gasteiger partial charge in [-0.25, -0.2) is 9.37 Å². The minimum Gasteiger partial charge on any atom is -0.244 e. The molecule has 114 valence electrons. The van der Waals surface area contributed by atoms with Gasteiger partial charge in [-0.1, -0.05) is 65.7 Å². The smallest absolute Gasteiger partial charge is 0.136 e. The average Bonchev–Trinajstić information content (AvgIpc) is 2.58. The summed E-state index contributed by atoms with van der Waals surface area (Å²) in [6.45, 7) is 0. The molecule has 3 aromatic rings. The second kappa shape index (κ2) is 6.95. The molecule has 0 fully saturated rings. The summed E-state index contributed by atoms with van der Waals surface area (Å²) in [6.07, 6.45) is 2.96. The fourth-order valence-corrected chi connectivity index (χ4v) is 2.59. The summed E-state index contributed by atoms with van der Waals surface area (Å²) in [5.41, 5.74) is 2.72. The van der Waals surface area contributed by atoms with Gasteiger partial charge in [0, 0.05) is 22.3 Å². The molecule has 0 aliphatic carbocycles. The van der Waals surface area contributed by atoms with E-state index < -0.39 is 0 Å². The third-order valence-corrected chi connectivity index (χ3v) is 3.98. The Labute approximate surface area is 144 Å². The molecule has 0 spiro atoms. The Hall–Kier alpha value is -2.16. The Kier molecular flexibility index (Phi) is 4.75. The largest absolute Gasteiger partial charge is 0.244 e. The van der Waals surface area contributed by atoms with Gasteiger partial charge in [-0.3, -0.25) is 0 Å². The number of halogens is 3. The van der Waals surface area contributed by atoms with Crippen LogP contribution >= 0.6 is 23.2 Å². The monoisotopic (exact) mass is 343 g/mol. The van der Waals surface area contributed by atoms with E-state index in [2.05, 4.69) is 4.98 Å². The molecule has 1 heterocycles. The SMILES string of the molecule is FC(=Cc1cccnc1Cl)c1ccccc1-c1ccc(Cl)cc1. The first-order valence-corrected chi connectivity index (χ1v) is 7.74. The van der Waals surface area contributed by atoms with Crippen molar-refractivity contribution in [1.29, 1.82) is 0 Å². The van der Waals surface area contributed by atoms with Crippen molar-refractivity contribution in [2.45, 2.75) is 0 Å². The lowest BCUT2D eigenvalue weighted by atomic mass is 9.98. The highest BCUT2D eigenvalue weighted by atomic mass is 35.5. The summed E-state index contributed by atoms with van der Waals surface area (Å²) in [7, 11) is 0. The predicted octanol–water partition coefficient (Wildman–Crippen LogP) is 6.52. The summed E-state index contributed by atoms with van der Waals surface area (Å²) in [6, 6.07) is 18.0. The lowest BCUT2D eigenvalue weighted by Gasteiger charge is -2.08. The second-order valence-electron chi connectivity index (χ2n) is 4.93. The molecule has 1 aromatic heterocycles. The van der Waals surface area contributed by atoms with E-state index in [0.29, 0.717) is 16.1 Å². The van der Waals surface area contributed by atoms with Crippen molar-refractivity contribution in [1.82, 2.24) is 4.98 Å². The highest BCUT2D eigenvalue weighted by Crippen LogP contribution is 2.32. The lowest BCUT2D eigenvalue weighted by molar-refractivity contribution is 0.765. The zero-order chi connectivity index (χ0) is 16.2. The Bertz CT molecular complexity index is 857. The van der Waals surface area contributed by atoms with E-state index in [9.17, 15) is 4.39 Å². The third-order valence-electron chi connectivity index (χ3n) is 3.41. The first-order valence-electron chi connectivity index (χ1n) is 6.98. The molecule has 0 radical (unpaired) electrons. The lowest BCUT2D eigenvalue weighted by Crippen LogP contribution is -1.87. The van der Waals surface area contributed by atoms with Gasteiger partial charge in [-0.2, -0.15) is 0 Å². The van der Waals surface area contributed by atoms with Gasteiger partial charge in [0.2, 0.25) is 0 Å². The normalized spacial score (nSPS) is 11.5. The highest BCUT2D eigenvalue weighted by molar-refractivity contribution is 6.31. The molecule has 0 aliphatic rings. The maximum Gasteiger partial charge on any atom is 0.136 e. The number of pyridine rings is 1. The van der Waals surface area contributed by atoms with Crippen molar-refractivity contribution in [3.8, 4) is 11.1 Å². The van der Waals surface area contributed by atoms with Crippen molar-refractivity contribution >= 4 is 35.1 Å². The fourth-order valence-electron chi connectivity index (χ4n) is 2.29. The van der Waals surface area contributed by atoms with Crippen molar-refractivity contribution in [3.63, 3.8) is 0 Å². The minimum atomic E-state index is -0.370. The maximum atomic E-state index is 14.8. The van der Waals surface area contributed by atoms with Gasteiger partial charge in [0.1, 0.15) is 11.0 Å². The topological polar surface area (TPSA) is 12.9 Å². The van der Waals surface area contributed by atoms with Crippen LogP contribution in [-0.4, -0.2) is 4.98 Å². The third kappa shape index (κ3) is 3.61. The zero-order valence-electron chi connectivity index (χ0n) is 12.0. The maximum absolute atomic E-state index is 14.8. The van der Waals surface area contributed by atoms with Crippen molar-refractivity contribution in [2.24, 2.45) is 0 Å². The number of hydrogen-bond acceptors (Lipinski definition) is 1. The fraction of sp³-hybridized carbons (Fsp3) is 0. The van der Waals surface area contributed by atoms with Crippen LogP contribution in [0.25, 0.3) is 23.0 Å². The molecule has 0 aliphatic heterocycles. The zero-order valence-corrected chi connectivity index (χ0v) is 13.5. The molecule has 0 atom stereocenters. The Morgan fingerprint density at radius 1 is 0.913 bits per heavy atom. The molecule has 0 saturated carbocycles. The molecule has 3 rings (SSSR count). The van der Waals surface area contributed by atoms with E-state index in [0.717, 1.165) is 11.1 Å². The summed E-state index contributed by atoms with van der Waals surface area (Å²) in [5, 5.41) is 0.913. The number of nitrogens with zero attached hydrogens (tertiary/aromatic N) is 1. The number of aromatic nitrogens is 1. The van der Waals surface area contributed by atoms with E-state index in [1.165, 1.54) is 6.08 Å². The van der Waals surface area contributed by atoms with Gasteiger partial charge in [0.05, 0.1) is 0 Å². The van der Waals surface area contributed by atoms with E-state index >= 15 is 0 Å². The van der Waals surface area contributed by atoms with Gasteiger partial charge in [-0.05, 0) is 35.4 Å². The molecule has 0 N–H and O–H groups in total. The number of hydrogen-bond donors (Lipinski definition) is 0. The van der Waals surface area contributed by atoms with Gasteiger partial charge >= 0.3 is 0 Å². The molecule has 0 saturated heterocycles. The van der Waals surface area contributed by atoms with E-state index in [-0.39, 0.29) is 11.0 Å². The minimum absolute atomic E-state index is 0.270. The van der Waals surface area contributed by atoms with Crippen LogP contribution in [0, 0.1) is 0 Å². The van der Waals surface area contributed by atoms with E-state index in [1.807, 2.05) is 24.3 Å². The molecule has 0 unspecified atom stereocenters. The van der Waals surface area contributed by atoms with Gasteiger partial charge in [0.25, 0.3) is 0 Å². The predicted molar refractivity (Wildman–Crippen MR) is 95.1 cm³/mol. The van der Waals surface area contributed by atoms with Crippen LogP contribution in [0.2, 0.25) is 10.2 Å². The van der Waals surface area contributed by atoms with E-state index in [1.54, 1.807) is 42.6 Å². The van der Waals surface area contributed by atoms with Crippen LogP contribution in [0.1, 0.15) is 11.1 Å². The molecule has 0 amide bonds. The Morgan fingerprint density at radius 3 is 2.39 bits per heavy atom. The standard InChI is InChI=1S/C19H12Cl2FN/c20-15-9-7-13(8-10-15)16-5-1-2-6-17(16)18(22)12-14-4-3-11-23-19(14)21/h1-12H. The van der Waals surface area contributed by atoms with Crippen LogP contribution in [0.4, 0.5) is 4.39 Å². The second-order valence-corrected chi connectivity index (χ2v) is 5.72. The summed E-state index contributed by atoms with van der Waals surface area (Å²) in [5.74, 6) is -0.370. The molecular weight excluding hydrogens is 332 g/mol. The van der Waals surface area contributed by atoms with Gasteiger partial charge < -0.3 is 0 Å². The van der Waals surface area contributed by atoms with Crippen molar-refractivity contribution in [3.05, 3.63) is 88.2 Å². The first-order chi connectivity index (χ1) is 11.1. The molecule has 0 bridgehead atoms. The van der Waals surface area contributed by atoms with E-state index in [4.69, 9.17) is 23.2 Å². The van der Waals surface area contributed by atoms with Crippen LogP contribution < -0.4 is 0 Å². The Balaban J connectivity index is 2.07. The van der Waals surface area contributed by atoms with Gasteiger partial charge in [0.15, 0.2) is 0 Å². The van der Waals surface area contributed by atoms with Crippen molar-refractivity contribution < 1.29 is 4.39 Å². The quantitative estimate of drug-likeness (QED) is 0.493.